The van der Waals surface area contributed by atoms with E-state index in [0.717, 1.165) is 5.69 Å². The maximum atomic E-state index is 12.8. The van der Waals surface area contributed by atoms with Crippen LogP contribution in [-0.4, -0.2) is 46.9 Å². The van der Waals surface area contributed by atoms with Crippen molar-refractivity contribution in [2.75, 3.05) is 26.3 Å². The zero-order chi connectivity index (χ0) is 17.2. The molecule has 2 aromatic heterocycles. The third-order valence-corrected chi connectivity index (χ3v) is 4.29. The Bertz CT molecular complexity index is 883. The maximum absolute atomic E-state index is 12.8. The Morgan fingerprint density at radius 3 is 2.68 bits per heavy atom. The summed E-state index contributed by atoms with van der Waals surface area (Å²) >= 11 is 6.11. The van der Waals surface area contributed by atoms with Crippen LogP contribution in [0.3, 0.4) is 0 Å². The maximum Gasteiger partial charge on any atom is 0.274 e. The smallest absolute Gasteiger partial charge is 0.274 e. The van der Waals surface area contributed by atoms with Gasteiger partial charge >= 0.3 is 0 Å². The number of nitrogens with zero attached hydrogens (tertiary/aromatic N) is 3. The molecular formula is C18H16ClN3O3. The van der Waals surface area contributed by atoms with Crippen LogP contribution >= 0.6 is 11.6 Å². The summed E-state index contributed by atoms with van der Waals surface area (Å²) in [4.78, 5) is 14.5. The number of aromatic nitrogens is 2. The van der Waals surface area contributed by atoms with Gasteiger partial charge in [0, 0.05) is 24.2 Å². The molecule has 128 valence electrons. The number of hydrogen-bond donors (Lipinski definition) is 0. The lowest BCUT2D eigenvalue weighted by atomic mass is 10.2. The molecule has 1 aliphatic heterocycles. The molecule has 3 aromatic rings. The minimum Gasteiger partial charge on any atom is -0.463 e. The van der Waals surface area contributed by atoms with Gasteiger partial charge in [-0.15, -0.1) is 0 Å². The van der Waals surface area contributed by atoms with Crippen LogP contribution in [0.1, 0.15) is 10.5 Å². The van der Waals surface area contributed by atoms with E-state index >= 15 is 0 Å². The van der Waals surface area contributed by atoms with Crippen LogP contribution in [0.4, 0.5) is 0 Å². The number of carbonyl (C=O) groups is 1. The van der Waals surface area contributed by atoms with E-state index in [2.05, 4.69) is 5.10 Å². The highest BCUT2D eigenvalue weighted by atomic mass is 35.5. The molecule has 4 rings (SSSR count). The Morgan fingerprint density at radius 2 is 1.96 bits per heavy atom. The number of benzene rings is 1. The molecule has 0 spiro atoms. The highest BCUT2D eigenvalue weighted by Crippen LogP contribution is 2.26. The van der Waals surface area contributed by atoms with Crippen molar-refractivity contribution in [3.05, 3.63) is 59.4 Å². The van der Waals surface area contributed by atoms with E-state index in [-0.39, 0.29) is 5.91 Å². The lowest BCUT2D eigenvalue weighted by Gasteiger charge is -2.25. The number of ether oxygens (including phenoxy) is 1. The molecule has 1 aromatic carbocycles. The summed E-state index contributed by atoms with van der Waals surface area (Å²) in [6.45, 7) is 2.23. The molecule has 0 saturated carbocycles. The molecule has 6 nitrogen and oxygen atoms in total. The summed E-state index contributed by atoms with van der Waals surface area (Å²) in [5.74, 6) is 0.519. The number of morpholine rings is 1. The molecule has 1 fully saturated rings. The molecule has 1 saturated heterocycles. The van der Waals surface area contributed by atoms with E-state index in [1.165, 1.54) is 0 Å². The first-order valence-electron chi connectivity index (χ1n) is 7.99. The summed E-state index contributed by atoms with van der Waals surface area (Å²) < 4.78 is 12.5. The first kappa shape index (κ1) is 15.9. The van der Waals surface area contributed by atoms with E-state index in [1.54, 1.807) is 40.1 Å². The van der Waals surface area contributed by atoms with E-state index in [9.17, 15) is 4.79 Å². The predicted octanol–water partition coefficient (Wildman–Crippen LogP) is 3.26. The second-order valence-electron chi connectivity index (χ2n) is 5.69. The van der Waals surface area contributed by atoms with Crippen molar-refractivity contribution in [1.29, 1.82) is 0 Å². The number of halogens is 1. The first-order valence-corrected chi connectivity index (χ1v) is 8.37. The van der Waals surface area contributed by atoms with E-state index in [1.807, 2.05) is 18.2 Å². The Morgan fingerprint density at radius 1 is 1.12 bits per heavy atom. The number of furan rings is 1. The molecule has 7 heteroatoms. The van der Waals surface area contributed by atoms with Crippen molar-refractivity contribution in [3.8, 4) is 17.1 Å². The van der Waals surface area contributed by atoms with Gasteiger partial charge in [-0.3, -0.25) is 4.79 Å². The van der Waals surface area contributed by atoms with Gasteiger partial charge in [-0.25, -0.2) is 4.68 Å². The van der Waals surface area contributed by atoms with Crippen LogP contribution in [-0.2, 0) is 4.74 Å². The van der Waals surface area contributed by atoms with Crippen LogP contribution < -0.4 is 0 Å². The molecule has 25 heavy (non-hydrogen) atoms. The van der Waals surface area contributed by atoms with Crippen molar-refractivity contribution in [2.24, 2.45) is 0 Å². The van der Waals surface area contributed by atoms with Crippen molar-refractivity contribution >= 4 is 17.5 Å². The summed E-state index contributed by atoms with van der Waals surface area (Å²) in [6.07, 6.45) is 1.59. The quantitative estimate of drug-likeness (QED) is 0.722. The number of amides is 1. The topological polar surface area (TPSA) is 60.5 Å². The average molecular weight is 358 g/mol. The summed E-state index contributed by atoms with van der Waals surface area (Å²) in [7, 11) is 0. The fourth-order valence-corrected chi connectivity index (χ4v) is 3.00. The predicted molar refractivity (Wildman–Crippen MR) is 93.0 cm³/mol. The summed E-state index contributed by atoms with van der Waals surface area (Å²) in [6, 6.07) is 12.7. The lowest BCUT2D eigenvalue weighted by Crippen LogP contribution is -2.40. The average Bonchev–Trinajstić information content (AvgIpc) is 3.31. The van der Waals surface area contributed by atoms with Crippen LogP contribution in [0, 0.1) is 0 Å². The van der Waals surface area contributed by atoms with E-state index in [4.69, 9.17) is 20.8 Å². The minimum atomic E-state index is -0.114. The Kier molecular flexibility index (Phi) is 4.29. The highest BCUT2D eigenvalue weighted by molar-refractivity contribution is 6.30. The third-order valence-electron chi connectivity index (χ3n) is 4.05. The first-order chi connectivity index (χ1) is 12.2. The van der Waals surface area contributed by atoms with Crippen LogP contribution in [0.2, 0.25) is 5.02 Å². The van der Waals surface area contributed by atoms with Gasteiger partial charge in [0.25, 0.3) is 5.91 Å². The fourth-order valence-electron chi connectivity index (χ4n) is 2.82. The molecule has 1 amide bonds. The van der Waals surface area contributed by atoms with Crippen molar-refractivity contribution in [2.45, 2.75) is 0 Å². The molecule has 0 aliphatic carbocycles. The van der Waals surface area contributed by atoms with Crippen LogP contribution in [0.25, 0.3) is 17.1 Å². The zero-order valence-electron chi connectivity index (χ0n) is 13.4. The van der Waals surface area contributed by atoms with E-state index < -0.39 is 0 Å². The Labute approximate surface area is 149 Å². The molecule has 0 N–H and O–H groups in total. The molecule has 3 heterocycles. The number of rotatable bonds is 3. The van der Waals surface area contributed by atoms with Crippen molar-refractivity contribution in [1.82, 2.24) is 14.7 Å². The molecule has 0 atom stereocenters. The minimum absolute atomic E-state index is 0.114. The van der Waals surface area contributed by atoms with Gasteiger partial charge in [0.05, 0.1) is 25.2 Å². The molecule has 0 bridgehead atoms. The highest BCUT2D eigenvalue weighted by Gasteiger charge is 2.24. The normalized spacial score (nSPS) is 14.7. The second-order valence-corrected chi connectivity index (χ2v) is 6.12. The number of hydrogen-bond acceptors (Lipinski definition) is 4. The van der Waals surface area contributed by atoms with Gasteiger partial charge in [-0.05, 0) is 30.3 Å². The fraction of sp³-hybridized carbons (Fsp3) is 0.222. The summed E-state index contributed by atoms with van der Waals surface area (Å²) in [5, 5.41) is 5.12. The number of carbonyl (C=O) groups excluding carboxylic acids is 1. The van der Waals surface area contributed by atoms with Crippen LogP contribution in [0.15, 0.2) is 53.1 Å². The Balaban J connectivity index is 1.77. The lowest BCUT2D eigenvalue weighted by molar-refractivity contribution is 0.0298. The van der Waals surface area contributed by atoms with Gasteiger partial charge < -0.3 is 14.1 Å². The molecule has 1 aliphatic rings. The zero-order valence-corrected chi connectivity index (χ0v) is 14.1. The molecule has 0 unspecified atom stereocenters. The largest absolute Gasteiger partial charge is 0.463 e. The molecular weight excluding hydrogens is 342 g/mol. The standard InChI is InChI=1S/C18H16ClN3O3/c19-13-3-1-4-14(11-13)22-16(17-5-2-8-25-17)12-15(20-22)18(23)21-6-9-24-10-7-21/h1-5,8,11-12H,6-7,9-10H2. The van der Waals surface area contributed by atoms with Gasteiger partial charge in [0.15, 0.2) is 11.5 Å². The monoisotopic (exact) mass is 357 g/mol. The Hall–Kier alpha value is -2.57. The van der Waals surface area contributed by atoms with Gasteiger partial charge in [0.1, 0.15) is 5.69 Å². The second kappa shape index (κ2) is 6.74. The van der Waals surface area contributed by atoms with Gasteiger partial charge in [0.2, 0.25) is 0 Å². The SMILES string of the molecule is O=C(c1cc(-c2ccco2)n(-c2cccc(Cl)c2)n1)N1CCOCC1. The van der Waals surface area contributed by atoms with E-state index in [0.29, 0.717) is 48.5 Å². The van der Waals surface area contributed by atoms with Crippen molar-refractivity contribution in [3.63, 3.8) is 0 Å². The van der Waals surface area contributed by atoms with Gasteiger partial charge in [-0.2, -0.15) is 5.10 Å². The third kappa shape index (κ3) is 3.18. The molecule has 0 radical (unpaired) electrons. The van der Waals surface area contributed by atoms with Gasteiger partial charge in [-0.1, -0.05) is 17.7 Å². The van der Waals surface area contributed by atoms with Crippen molar-refractivity contribution < 1.29 is 13.9 Å². The summed E-state index contributed by atoms with van der Waals surface area (Å²) in [5.41, 5.74) is 1.83. The van der Waals surface area contributed by atoms with Crippen LogP contribution in [0.5, 0.6) is 0 Å².